The van der Waals surface area contributed by atoms with Gasteiger partial charge in [-0.1, -0.05) is 19.9 Å². The number of ether oxygens (including phenoxy) is 2. The van der Waals surface area contributed by atoms with E-state index in [1.54, 1.807) is 4.68 Å². The van der Waals surface area contributed by atoms with Crippen molar-refractivity contribution >= 4 is 16.9 Å². The number of pyridine rings is 1. The summed E-state index contributed by atoms with van der Waals surface area (Å²) >= 11 is 0. The summed E-state index contributed by atoms with van der Waals surface area (Å²) in [6.45, 7) is 10.3. The van der Waals surface area contributed by atoms with Gasteiger partial charge in [0.1, 0.15) is 13.2 Å². The van der Waals surface area contributed by atoms with Gasteiger partial charge in [-0.15, -0.1) is 0 Å². The summed E-state index contributed by atoms with van der Waals surface area (Å²) in [5.74, 6) is 1.68. The van der Waals surface area contributed by atoms with Gasteiger partial charge in [-0.25, -0.2) is 4.98 Å². The van der Waals surface area contributed by atoms with Gasteiger partial charge < -0.3 is 14.4 Å². The van der Waals surface area contributed by atoms with Gasteiger partial charge in [0, 0.05) is 25.8 Å². The molecule has 0 atom stereocenters. The van der Waals surface area contributed by atoms with Crippen LogP contribution in [-0.4, -0.2) is 45.3 Å². The van der Waals surface area contributed by atoms with Crippen molar-refractivity contribution in [1.29, 1.82) is 0 Å². The van der Waals surface area contributed by atoms with Crippen LogP contribution in [0.3, 0.4) is 0 Å². The maximum atomic E-state index is 13.6. The molecule has 4 rings (SSSR count). The minimum atomic E-state index is -0.0159. The van der Waals surface area contributed by atoms with E-state index in [1.807, 2.05) is 50.1 Å². The normalized spacial score (nSPS) is 13.1. The number of benzene rings is 1. The molecule has 1 aliphatic rings. The van der Waals surface area contributed by atoms with Crippen molar-refractivity contribution in [1.82, 2.24) is 19.7 Å². The number of hydrogen-bond acceptors (Lipinski definition) is 5. The van der Waals surface area contributed by atoms with E-state index in [0.717, 1.165) is 39.5 Å². The fourth-order valence-electron chi connectivity index (χ4n) is 3.83. The van der Waals surface area contributed by atoms with E-state index in [4.69, 9.17) is 14.5 Å². The SMILES string of the molecule is CCN(Cc1ccc2c(c1)OCCO2)C(=O)c1cc(C(C)C)nc2c1c(C)nn2C. The zero-order valence-electron chi connectivity index (χ0n) is 18.2. The Kier molecular flexibility index (Phi) is 5.37. The highest BCUT2D eigenvalue weighted by molar-refractivity contribution is 6.06. The second-order valence-electron chi connectivity index (χ2n) is 7.95. The summed E-state index contributed by atoms with van der Waals surface area (Å²) in [4.78, 5) is 20.2. The van der Waals surface area contributed by atoms with Gasteiger partial charge in [0.15, 0.2) is 17.1 Å². The lowest BCUT2D eigenvalue weighted by molar-refractivity contribution is 0.0754. The van der Waals surface area contributed by atoms with Crippen LogP contribution in [0.2, 0.25) is 0 Å². The number of amides is 1. The summed E-state index contributed by atoms with van der Waals surface area (Å²) in [7, 11) is 1.87. The Morgan fingerprint density at radius 1 is 1.20 bits per heavy atom. The fraction of sp³-hybridized carbons (Fsp3) is 0.435. The first-order valence-electron chi connectivity index (χ1n) is 10.4. The van der Waals surface area contributed by atoms with E-state index < -0.39 is 0 Å². The van der Waals surface area contributed by atoms with Gasteiger partial charge in [-0.2, -0.15) is 5.10 Å². The van der Waals surface area contributed by atoms with Crippen molar-refractivity contribution in [3.05, 3.63) is 46.8 Å². The zero-order valence-corrected chi connectivity index (χ0v) is 18.2. The summed E-state index contributed by atoms with van der Waals surface area (Å²) in [5, 5.41) is 5.33. The molecule has 0 aliphatic carbocycles. The van der Waals surface area contributed by atoms with Crippen LogP contribution >= 0.6 is 0 Å². The van der Waals surface area contributed by atoms with Crippen molar-refractivity contribution < 1.29 is 14.3 Å². The molecule has 1 aromatic carbocycles. The molecule has 1 aliphatic heterocycles. The van der Waals surface area contributed by atoms with Crippen molar-refractivity contribution in [2.75, 3.05) is 19.8 Å². The van der Waals surface area contributed by atoms with E-state index in [9.17, 15) is 4.79 Å². The summed E-state index contributed by atoms with van der Waals surface area (Å²) in [5.41, 5.74) is 4.12. The van der Waals surface area contributed by atoms with Crippen molar-refractivity contribution in [2.24, 2.45) is 7.05 Å². The van der Waals surface area contributed by atoms with E-state index >= 15 is 0 Å². The quantitative estimate of drug-likeness (QED) is 0.642. The van der Waals surface area contributed by atoms with Crippen molar-refractivity contribution in [2.45, 2.75) is 40.2 Å². The molecule has 7 heteroatoms. The average Bonchev–Trinajstić information content (AvgIpc) is 3.04. The molecule has 0 fully saturated rings. The van der Waals surface area contributed by atoms with E-state index in [2.05, 4.69) is 18.9 Å². The summed E-state index contributed by atoms with van der Waals surface area (Å²) in [6, 6.07) is 7.79. The maximum absolute atomic E-state index is 13.6. The highest BCUT2D eigenvalue weighted by atomic mass is 16.6. The summed E-state index contributed by atoms with van der Waals surface area (Å²) < 4.78 is 13.1. The number of aromatic nitrogens is 3. The van der Waals surface area contributed by atoms with Gasteiger partial charge in [0.25, 0.3) is 5.91 Å². The molecule has 3 aromatic rings. The molecule has 0 N–H and O–H groups in total. The number of nitrogens with zero attached hydrogens (tertiary/aromatic N) is 4. The Balaban J connectivity index is 1.71. The summed E-state index contributed by atoms with van der Waals surface area (Å²) in [6.07, 6.45) is 0. The molecule has 0 spiro atoms. The smallest absolute Gasteiger partial charge is 0.255 e. The molecule has 158 valence electrons. The van der Waals surface area contributed by atoms with Crippen LogP contribution in [0.4, 0.5) is 0 Å². The van der Waals surface area contributed by atoms with Crippen LogP contribution in [0.25, 0.3) is 11.0 Å². The molecule has 2 aromatic heterocycles. The van der Waals surface area contributed by atoms with Crippen molar-refractivity contribution in [3.8, 4) is 11.5 Å². The molecule has 0 bridgehead atoms. The predicted octanol–water partition coefficient (Wildman–Crippen LogP) is 3.83. The Morgan fingerprint density at radius 3 is 2.63 bits per heavy atom. The van der Waals surface area contributed by atoms with Gasteiger partial charge in [-0.05, 0) is 43.5 Å². The molecule has 7 nitrogen and oxygen atoms in total. The zero-order chi connectivity index (χ0) is 21.4. The number of hydrogen-bond donors (Lipinski definition) is 0. The minimum Gasteiger partial charge on any atom is -0.486 e. The second-order valence-corrected chi connectivity index (χ2v) is 7.95. The molecule has 0 unspecified atom stereocenters. The monoisotopic (exact) mass is 408 g/mol. The molecule has 0 saturated carbocycles. The number of carbonyl (C=O) groups is 1. The second kappa shape index (κ2) is 7.97. The lowest BCUT2D eigenvalue weighted by atomic mass is 10.0. The first-order valence-corrected chi connectivity index (χ1v) is 10.4. The highest BCUT2D eigenvalue weighted by Crippen LogP contribution is 2.32. The van der Waals surface area contributed by atoms with Crippen LogP contribution in [0.5, 0.6) is 11.5 Å². The average molecular weight is 409 g/mol. The Bertz CT molecular complexity index is 1100. The molecule has 3 heterocycles. The van der Waals surface area contributed by atoms with Crippen LogP contribution in [0.1, 0.15) is 54.0 Å². The van der Waals surface area contributed by atoms with Gasteiger partial charge in [0.2, 0.25) is 0 Å². The third kappa shape index (κ3) is 3.60. The lowest BCUT2D eigenvalue weighted by Crippen LogP contribution is -2.31. The maximum Gasteiger partial charge on any atom is 0.255 e. The van der Waals surface area contributed by atoms with Crippen molar-refractivity contribution in [3.63, 3.8) is 0 Å². The number of carbonyl (C=O) groups excluding carboxylic acids is 1. The van der Waals surface area contributed by atoms with Crippen LogP contribution in [-0.2, 0) is 13.6 Å². The third-order valence-corrected chi connectivity index (χ3v) is 5.46. The van der Waals surface area contributed by atoms with E-state index in [1.165, 1.54) is 0 Å². The molecular formula is C23H28N4O3. The first kappa shape index (κ1) is 20.2. The van der Waals surface area contributed by atoms with Crippen LogP contribution in [0.15, 0.2) is 24.3 Å². The molecule has 1 amide bonds. The van der Waals surface area contributed by atoms with Gasteiger partial charge in [0.05, 0.1) is 16.6 Å². The Labute approximate surface area is 176 Å². The van der Waals surface area contributed by atoms with E-state index in [-0.39, 0.29) is 11.8 Å². The molecule has 0 saturated heterocycles. The molecule has 0 radical (unpaired) electrons. The largest absolute Gasteiger partial charge is 0.486 e. The first-order chi connectivity index (χ1) is 14.4. The molecular weight excluding hydrogens is 380 g/mol. The van der Waals surface area contributed by atoms with Crippen LogP contribution in [0, 0.1) is 6.92 Å². The number of rotatable bonds is 5. The van der Waals surface area contributed by atoms with Gasteiger partial charge in [-0.3, -0.25) is 9.48 Å². The van der Waals surface area contributed by atoms with Gasteiger partial charge >= 0.3 is 0 Å². The topological polar surface area (TPSA) is 69.5 Å². The van der Waals surface area contributed by atoms with Crippen LogP contribution < -0.4 is 9.47 Å². The lowest BCUT2D eigenvalue weighted by Gasteiger charge is -2.24. The third-order valence-electron chi connectivity index (χ3n) is 5.46. The number of aryl methyl sites for hydroxylation is 2. The highest BCUT2D eigenvalue weighted by Gasteiger charge is 2.23. The standard InChI is InChI=1S/C23H28N4O3/c1-6-27(13-16-7-8-19-20(11-16)30-10-9-29-19)23(28)17-12-18(14(2)3)24-22-21(17)15(4)25-26(22)5/h7-8,11-12,14H,6,9-10,13H2,1-5H3. The van der Waals surface area contributed by atoms with E-state index in [0.29, 0.717) is 31.9 Å². The fourth-order valence-corrected chi connectivity index (χ4v) is 3.83. The minimum absolute atomic E-state index is 0.0159. The number of fused-ring (bicyclic) bond motifs is 2. The Hall–Kier alpha value is -3.09. The molecule has 30 heavy (non-hydrogen) atoms. The predicted molar refractivity (Wildman–Crippen MR) is 115 cm³/mol. The Morgan fingerprint density at radius 2 is 1.93 bits per heavy atom.